The molecule has 2 heterocycles. The summed E-state index contributed by atoms with van der Waals surface area (Å²) in [5.74, 6) is 5.53. The molecule has 3 rings (SSSR count). The largest absolute Gasteiger partial charge is 0.408 e. The van der Waals surface area contributed by atoms with Gasteiger partial charge < -0.3 is 5.32 Å². The molecule has 0 atom stereocenters. The molecule has 8 heteroatoms. The quantitative estimate of drug-likeness (QED) is 0.699. The van der Waals surface area contributed by atoms with Crippen LogP contribution >= 0.6 is 0 Å². The second-order valence-corrected chi connectivity index (χ2v) is 5.99. The summed E-state index contributed by atoms with van der Waals surface area (Å²) in [6.07, 6.45) is 0.0583. The number of nitrogens with one attached hydrogen (secondary N) is 1. The van der Waals surface area contributed by atoms with Gasteiger partial charge in [-0.25, -0.2) is 0 Å². The van der Waals surface area contributed by atoms with Crippen LogP contribution in [0.5, 0.6) is 0 Å². The van der Waals surface area contributed by atoms with Gasteiger partial charge in [0.1, 0.15) is 6.54 Å². The van der Waals surface area contributed by atoms with Crippen molar-refractivity contribution in [1.82, 2.24) is 14.8 Å². The Kier molecular flexibility index (Phi) is 5.45. The molecule has 2 aromatic heterocycles. The standard InChI is InChI=1S/C20H15F3N4O/c1-14-4-6-17(11-16(14)7-5-15-3-2-9-24-12-15)19(28)25-18-8-10-27(26-18)13-20(21,22)23/h2-4,6,8-12H,13H2,1H3,(H,25,26,28). The fourth-order valence-corrected chi connectivity index (χ4v) is 2.36. The highest BCUT2D eigenvalue weighted by Gasteiger charge is 2.28. The van der Waals surface area contributed by atoms with E-state index < -0.39 is 18.6 Å². The van der Waals surface area contributed by atoms with Crippen molar-refractivity contribution in [2.45, 2.75) is 19.6 Å². The second kappa shape index (κ2) is 7.96. The van der Waals surface area contributed by atoms with Crippen LogP contribution in [0.15, 0.2) is 55.0 Å². The zero-order valence-electron chi connectivity index (χ0n) is 14.8. The summed E-state index contributed by atoms with van der Waals surface area (Å²) in [5, 5.41) is 6.20. The number of aromatic nitrogens is 3. The van der Waals surface area contributed by atoms with Gasteiger partial charge in [0.15, 0.2) is 5.82 Å². The Morgan fingerprint density at radius 2 is 2.04 bits per heavy atom. The van der Waals surface area contributed by atoms with Gasteiger partial charge in [-0.05, 0) is 36.8 Å². The van der Waals surface area contributed by atoms with E-state index in [9.17, 15) is 18.0 Å². The number of hydrogen-bond donors (Lipinski definition) is 1. The van der Waals surface area contributed by atoms with Crippen LogP contribution in [0.1, 0.15) is 27.0 Å². The van der Waals surface area contributed by atoms with Gasteiger partial charge in [-0.15, -0.1) is 0 Å². The lowest BCUT2D eigenvalue weighted by atomic mass is 10.0. The van der Waals surface area contributed by atoms with Gasteiger partial charge in [0.25, 0.3) is 5.91 Å². The number of hydrogen-bond acceptors (Lipinski definition) is 3. The molecule has 0 spiro atoms. The summed E-state index contributed by atoms with van der Waals surface area (Å²) in [6.45, 7) is 0.648. The molecule has 0 aliphatic rings. The molecular weight excluding hydrogens is 369 g/mol. The number of anilines is 1. The van der Waals surface area contributed by atoms with Gasteiger partial charge in [-0.2, -0.15) is 18.3 Å². The average Bonchev–Trinajstić information content (AvgIpc) is 3.06. The van der Waals surface area contributed by atoms with Crippen LogP contribution in [0.25, 0.3) is 0 Å². The minimum Gasteiger partial charge on any atom is -0.305 e. The highest BCUT2D eigenvalue weighted by atomic mass is 19.4. The predicted octanol–water partition coefficient (Wildman–Crippen LogP) is 3.80. The van der Waals surface area contributed by atoms with Crippen LogP contribution in [0.4, 0.5) is 19.0 Å². The molecule has 0 aliphatic heterocycles. The van der Waals surface area contributed by atoms with E-state index in [0.29, 0.717) is 11.1 Å². The first-order valence-electron chi connectivity index (χ1n) is 8.24. The third-order valence-corrected chi connectivity index (χ3v) is 3.73. The first-order chi connectivity index (χ1) is 13.3. The zero-order valence-corrected chi connectivity index (χ0v) is 14.8. The van der Waals surface area contributed by atoms with E-state index in [1.807, 2.05) is 13.0 Å². The third-order valence-electron chi connectivity index (χ3n) is 3.73. The number of amides is 1. The Labute approximate surface area is 159 Å². The van der Waals surface area contributed by atoms with Crippen molar-refractivity contribution in [3.05, 3.63) is 77.2 Å². The molecule has 3 aromatic rings. The van der Waals surface area contributed by atoms with Crippen LogP contribution in [0.3, 0.4) is 0 Å². The number of nitrogens with zero attached hydrogens (tertiary/aromatic N) is 3. The number of halogens is 3. The molecule has 1 aromatic carbocycles. The highest BCUT2D eigenvalue weighted by Crippen LogP contribution is 2.18. The maximum absolute atomic E-state index is 12.4. The van der Waals surface area contributed by atoms with Crippen molar-refractivity contribution < 1.29 is 18.0 Å². The maximum atomic E-state index is 12.4. The van der Waals surface area contributed by atoms with Crippen molar-refractivity contribution in [3.63, 3.8) is 0 Å². The smallest absolute Gasteiger partial charge is 0.305 e. The Hall–Kier alpha value is -3.60. The van der Waals surface area contributed by atoms with Gasteiger partial charge in [-0.1, -0.05) is 17.9 Å². The number of carbonyl (C=O) groups excluding carboxylic acids is 1. The van der Waals surface area contributed by atoms with Gasteiger partial charge in [-0.3, -0.25) is 14.5 Å². The zero-order chi connectivity index (χ0) is 20.1. The van der Waals surface area contributed by atoms with E-state index in [2.05, 4.69) is 27.2 Å². The molecule has 28 heavy (non-hydrogen) atoms. The molecule has 0 fully saturated rings. The molecule has 0 bridgehead atoms. The lowest BCUT2D eigenvalue weighted by Gasteiger charge is -2.06. The molecule has 5 nitrogen and oxygen atoms in total. The number of benzene rings is 1. The lowest BCUT2D eigenvalue weighted by Crippen LogP contribution is -2.18. The minimum atomic E-state index is -4.38. The van der Waals surface area contributed by atoms with E-state index in [-0.39, 0.29) is 5.82 Å². The number of pyridine rings is 1. The predicted molar refractivity (Wildman–Crippen MR) is 97.6 cm³/mol. The molecule has 0 unspecified atom stereocenters. The maximum Gasteiger partial charge on any atom is 0.408 e. The molecule has 0 saturated carbocycles. The molecule has 0 saturated heterocycles. The Morgan fingerprint density at radius 1 is 1.21 bits per heavy atom. The van der Waals surface area contributed by atoms with Crippen molar-refractivity contribution in [1.29, 1.82) is 0 Å². The van der Waals surface area contributed by atoms with E-state index in [0.717, 1.165) is 22.0 Å². The number of carbonyl (C=O) groups is 1. The summed E-state index contributed by atoms with van der Waals surface area (Å²) < 4.78 is 37.9. The monoisotopic (exact) mass is 384 g/mol. The van der Waals surface area contributed by atoms with Gasteiger partial charge >= 0.3 is 6.18 Å². The summed E-state index contributed by atoms with van der Waals surface area (Å²) in [7, 11) is 0. The third kappa shape index (κ3) is 5.20. The van der Waals surface area contributed by atoms with Crippen molar-refractivity contribution in [2.24, 2.45) is 0 Å². The summed E-state index contributed by atoms with van der Waals surface area (Å²) in [5.41, 5.74) is 2.62. The molecular formula is C20H15F3N4O. The Bertz CT molecular complexity index is 1050. The fraction of sp³-hybridized carbons (Fsp3) is 0.150. The number of rotatable bonds is 3. The lowest BCUT2D eigenvalue weighted by molar-refractivity contribution is -0.142. The topological polar surface area (TPSA) is 59.8 Å². The normalized spacial score (nSPS) is 10.9. The average molecular weight is 384 g/mol. The minimum absolute atomic E-state index is 0.0396. The summed E-state index contributed by atoms with van der Waals surface area (Å²) in [4.78, 5) is 16.4. The molecule has 142 valence electrons. The Balaban J connectivity index is 1.75. The van der Waals surface area contributed by atoms with Crippen LogP contribution < -0.4 is 5.32 Å². The van der Waals surface area contributed by atoms with Crippen molar-refractivity contribution in [2.75, 3.05) is 5.32 Å². The summed E-state index contributed by atoms with van der Waals surface area (Å²) in [6, 6.07) is 9.90. The van der Waals surface area contributed by atoms with E-state index >= 15 is 0 Å². The molecule has 1 amide bonds. The first-order valence-corrected chi connectivity index (χ1v) is 8.24. The van der Waals surface area contributed by atoms with Crippen LogP contribution in [-0.4, -0.2) is 26.8 Å². The number of aryl methyl sites for hydroxylation is 1. The number of alkyl halides is 3. The Morgan fingerprint density at radius 3 is 2.75 bits per heavy atom. The van der Waals surface area contributed by atoms with Gasteiger partial charge in [0.05, 0.1) is 0 Å². The van der Waals surface area contributed by atoms with E-state index in [1.54, 1.807) is 36.7 Å². The molecule has 1 N–H and O–H groups in total. The molecule has 0 aliphatic carbocycles. The first kappa shape index (κ1) is 19.2. The van der Waals surface area contributed by atoms with Crippen LogP contribution in [0, 0.1) is 18.8 Å². The van der Waals surface area contributed by atoms with E-state index in [4.69, 9.17) is 0 Å². The van der Waals surface area contributed by atoms with Gasteiger partial charge in [0.2, 0.25) is 0 Å². The fourth-order valence-electron chi connectivity index (χ4n) is 2.36. The SMILES string of the molecule is Cc1ccc(C(=O)Nc2ccn(CC(F)(F)F)n2)cc1C#Cc1cccnc1. The molecule has 0 radical (unpaired) electrons. The van der Waals surface area contributed by atoms with E-state index in [1.165, 1.54) is 6.07 Å². The highest BCUT2D eigenvalue weighted by molar-refractivity contribution is 6.04. The second-order valence-electron chi connectivity index (χ2n) is 5.99. The van der Waals surface area contributed by atoms with Crippen LogP contribution in [0.2, 0.25) is 0 Å². The van der Waals surface area contributed by atoms with Crippen molar-refractivity contribution >= 4 is 11.7 Å². The summed E-state index contributed by atoms with van der Waals surface area (Å²) >= 11 is 0. The van der Waals surface area contributed by atoms with Crippen molar-refractivity contribution in [3.8, 4) is 11.8 Å². The van der Waals surface area contributed by atoms with Crippen LogP contribution in [-0.2, 0) is 6.54 Å². The van der Waals surface area contributed by atoms with Gasteiger partial charge in [0, 0.05) is 41.3 Å².